The van der Waals surface area contributed by atoms with Crippen molar-refractivity contribution in [2.24, 2.45) is 0 Å². The number of carbonyl (C=O) groups excluding carboxylic acids is 1. The van der Waals surface area contributed by atoms with Crippen molar-refractivity contribution >= 4 is 5.91 Å². The van der Waals surface area contributed by atoms with E-state index >= 15 is 0 Å². The summed E-state index contributed by atoms with van der Waals surface area (Å²) in [5.41, 5.74) is -0.685. The van der Waals surface area contributed by atoms with Crippen LogP contribution in [0.2, 0.25) is 0 Å². The number of aromatic amines is 1. The predicted octanol–water partition coefficient (Wildman–Crippen LogP) is 0.330. The number of benzene rings is 1. The lowest BCUT2D eigenvalue weighted by Crippen LogP contribution is -2.41. The molecule has 0 fully saturated rings. The minimum atomic E-state index is -0.654. The monoisotopic (exact) mass is 397 g/mol. The molecule has 0 atom stereocenters. The van der Waals surface area contributed by atoms with Gasteiger partial charge in [0.15, 0.2) is 11.5 Å². The first-order valence-electron chi connectivity index (χ1n) is 9.07. The number of fused-ring (bicyclic) bond motifs is 1. The predicted molar refractivity (Wildman–Crippen MR) is 102 cm³/mol. The minimum Gasteiger partial charge on any atom is -0.454 e. The van der Waals surface area contributed by atoms with Crippen molar-refractivity contribution in [2.45, 2.75) is 19.5 Å². The molecule has 10 heteroatoms. The van der Waals surface area contributed by atoms with Gasteiger partial charge in [0.2, 0.25) is 6.79 Å². The maximum Gasteiger partial charge on any atom is 0.328 e. The molecule has 0 unspecified atom stereocenters. The van der Waals surface area contributed by atoms with Crippen LogP contribution in [0.15, 0.2) is 52.7 Å². The molecule has 29 heavy (non-hydrogen) atoms. The largest absolute Gasteiger partial charge is 0.454 e. The summed E-state index contributed by atoms with van der Waals surface area (Å²) in [5.74, 6) is 0.633. The van der Waals surface area contributed by atoms with E-state index in [1.54, 1.807) is 30.7 Å². The number of aryl methyl sites for hydroxylation is 1. The molecule has 0 aliphatic carbocycles. The van der Waals surface area contributed by atoms with Crippen LogP contribution in [-0.2, 0) is 13.1 Å². The number of aromatic nitrogens is 4. The van der Waals surface area contributed by atoms with Gasteiger partial charge in [0, 0.05) is 31.7 Å². The highest BCUT2D eigenvalue weighted by molar-refractivity contribution is 5.93. The van der Waals surface area contributed by atoms with Gasteiger partial charge in [0.05, 0.1) is 12.9 Å². The Kier molecular flexibility index (Phi) is 5.14. The Morgan fingerprint density at radius 3 is 2.93 bits per heavy atom. The van der Waals surface area contributed by atoms with E-state index in [1.165, 1.54) is 0 Å². The van der Waals surface area contributed by atoms with Gasteiger partial charge in [-0.3, -0.25) is 14.2 Å². The molecule has 0 bridgehead atoms. The summed E-state index contributed by atoms with van der Waals surface area (Å²) in [4.78, 5) is 43.7. The Bertz CT molecular complexity index is 1130. The summed E-state index contributed by atoms with van der Waals surface area (Å²) < 4.78 is 13.4. The van der Waals surface area contributed by atoms with E-state index in [-0.39, 0.29) is 18.9 Å². The second kappa shape index (κ2) is 8.05. The average molecular weight is 397 g/mol. The van der Waals surface area contributed by atoms with Gasteiger partial charge in [-0.15, -0.1) is 0 Å². The number of rotatable bonds is 7. The highest BCUT2D eigenvalue weighted by Crippen LogP contribution is 2.32. The first-order chi connectivity index (χ1) is 14.1. The molecule has 0 spiro atoms. The van der Waals surface area contributed by atoms with Crippen molar-refractivity contribution in [2.75, 3.05) is 13.3 Å². The number of imidazole rings is 1. The standard InChI is InChI=1S/C19H19N5O5/c25-17(21-4-1-6-23-7-5-20-11-23)14-9-22-19(27)24(18(14)26)10-13-2-3-15-16(8-13)29-12-28-15/h2-3,5,7-9,11H,1,4,6,10,12H2,(H,21,25)(H,22,27). The van der Waals surface area contributed by atoms with Gasteiger partial charge in [-0.05, 0) is 24.1 Å². The topological polar surface area (TPSA) is 120 Å². The molecule has 2 N–H and O–H groups in total. The maximum absolute atomic E-state index is 12.7. The average Bonchev–Trinajstić information content (AvgIpc) is 3.39. The van der Waals surface area contributed by atoms with Crippen molar-refractivity contribution < 1.29 is 14.3 Å². The zero-order valence-corrected chi connectivity index (χ0v) is 15.5. The fourth-order valence-corrected chi connectivity index (χ4v) is 3.02. The number of H-pyrrole nitrogens is 1. The molecule has 3 aromatic rings. The second-order valence-electron chi connectivity index (χ2n) is 6.50. The van der Waals surface area contributed by atoms with Gasteiger partial charge in [-0.25, -0.2) is 9.78 Å². The van der Waals surface area contributed by atoms with E-state index in [2.05, 4.69) is 15.3 Å². The van der Waals surface area contributed by atoms with E-state index in [4.69, 9.17) is 9.47 Å². The zero-order valence-electron chi connectivity index (χ0n) is 15.5. The van der Waals surface area contributed by atoms with E-state index < -0.39 is 17.2 Å². The number of nitrogens with one attached hydrogen (secondary N) is 2. The van der Waals surface area contributed by atoms with E-state index in [1.807, 2.05) is 10.8 Å². The smallest absolute Gasteiger partial charge is 0.328 e. The number of nitrogens with zero attached hydrogens (tertiary/aromatic N) is 3. The number of carbonyl (C=O) groups is 1. The molecule has 0 saturated heterocycles. The summed E-state index contributed by atoms with van der Waals surface area (Å²) in [6.07, 6.45) is 7.03. The Hall–Kier alpha value is -3.82. The van der Waals surface area contributed by atoms with Crippen molar-refractivity contribution in [1.29, 1.82) is 0 Å². The Labute approximate surface area is 164 Å². The van der Waals surface area contributed by atoms with Crippen LogP contribution in [0, 0.1) is 0 Å². The van der Waals surface area contributed by atoms with Gasteiger partial charge in [-0.2, -0.15) is 0 Å². The van der Waals surface area contributed by atoms with Gasteiger partial charge in [-0.1, -0.05) is 6.07 Å². The van der Waals surface area contributed by atoms with Crippen molar-refractivity contribution in [3.05, 3.63) is 75.1 Å². The molecule has 0 radical (unpaired) electrons. The summed E-state index contributed by atoms with van der Waals surface area (Å²) in [6.45, 7) is 1.22. The van der Waals surface area contributed by atoms with Crippen molar-refractivity contribution in [1.82, 2.24) is 24.4 Å². The summed E-state index contributed by atoms with van der Waals surface area (Å²) >= 11 is 0. The van der Waals surface area contributed by atoms with E-state index in [0.29, 0.717) is 36.6 Å². The summed E-state index contributed by atoms with van der Waals surface area (Å²) in [6, 6.07) is 5.16. The van der Waals surface area contributed by atoms with Crippen LogP contribution in [0.1, 0.15) is 22.3 Å². The fourth-order valence-electron chi connectivity index (χ4n) is 3.02. The molecule has 150 valence electrons. The van der Waals surface area contributed by atoms with Gasteiger partial charge >= 0.3 is 5.69 Å². The lowest BCUT2D eigenvalue weighted by molar-refractivity contribution is 0.0950. The molecule has 1 amide bonds. The van der Waals surface area contributed by atoms with E-state index in [0.717, 1.165) is 10.8 Å². The number of hydrogen-bond donors (Lipinski definition) is 2. The van der Waals surface area contributed by atoms with Crippen LogP contribution < -0.4 is 26.0 Å². The maximum atomic E-state index is 12.7. The lowest BCUT2D eigenvalue weighted by Gasteiger charge is -2.09. The van der Waals surface area contributed by atoms with Crippen LogP contribution in [0.5, 0.6) is 11.5 Å². The quantitative estimate of drug-likeness (QED) is 0.555. The molecule has 4 rings (SSSR count). The normalized spacial score (nSPS) is 12.1. The molecule has 10 nitrogen and oxygen atoms in total. The first-order valence-corrected chi connectivity index (χ1v) is 9.07. The molecule has 1 aliphatic rings. The number of amides is 1. The lowest BCUT2D eigenvalue weighted by atomic mass is 10.2. The Balaban J connectivity index is 1.45. The van der Waals surface area contributed by atoms with Gasteiger partial charge < -0.3 is 24.3 Å². The zero-order chi connectivity index (χ0) is 20.2. The van der Waals surface area contributed by atoms with Crippen LogP contribution in [0.4, 0.5) is 0 Å². The summed E-state index contributed by atoms with van der Waals surface area (Å²) in [7, 11) is 0. The van der Waals surface area contributed by atoms with Crippen molar-refractivity contribution in [3.63, 3.8) is 0 Å². The van der Waals surface area contributed by atoms with E-state index in [9.17, 15) is 14.4 Å². The first kappa shape index (κ1) is 18.5. The summed E-state index contributed by atoms with van der Waals surface area (Å²) in [5, 5.41) is 2.70. The third kappa shape index (κ3) is 4.05. The molecule has 2 aromatic heterocycles. The Morgan fingerprint density at radius 1 is 1.24 bits per heavy atom. The third-order valence-electron chi connectivity index (χ3n) is 4.52. The number of ether oxygens (including phenoxy) is 2. The van der Waals surface area contributed by atoms with Crippen LogP contribution in [0.3, 0.4) is 0 Å². The number of hydrogen-bond acceptors (Lipinski definition) is 6. The fraction of sp³-hybridized carbons (Fsp3) is 0.263. The van der Waals surface area contributed by atoms with Crippen LogP contribution in [0.25, 0.3) is 0 Å². The molecule has 3 heterocycles. The molecular formula is C19H19N5O5. The third-order valence-corrected chi connectivity index (χ3v) is 4.52. The SMILES string of the molecule is O=C(NCCCn1ccnc1)c1c[nH]c(=O)n(Cc2ccc3c(c2)OCO3)c1=O. The molecular weight excluding hydrogens is 378 g/mol. The minimum absolute atomic E-state index is 0.00650. The molecule has 1 aromatic carbocycles. The molecule has 1 aliphatic heterocycles. The molecule has 0 saturated carbocycles. The van der Waals surface area contributed by atoms with Gasteiger partial charge in [0.25, 0.3) is 11.5 Å². The Morgan fingerprint density at radius 2 is 2.10 bits per heavy atom. The van der Waals surface area contributed by atoms with Crippen LogP contribution in [-0.4, -0.2) is 38.3 Å². The van der Waals surface area contributed by atoms with Crippen molar-refractivity contribution in [3.8, 4) is 11.5 Å². The van der Waals surface area contributed by atoms with Crippen LogP contribution >= 0.6 is 0 Å². The second-order valence-corrected chi connectivity index (χ2v) is 6.50. The highest BCUT2D eigenvalue weighted by Gasteiger charge is 2.17. The highest BCUT2D eigenvalue weighted by atomic mass is 16.7. The van der Waals surface area contributed by atoms with Gasteiger partial charge in [0.1, 0.15) is 5.56 Å².